The van der Waals surface area contributed by atoms with Crippen molar-refractivity contribution in [2.45, 2.75) is 5.41 Å². The van der Waals surface area contributed by atoms with Crippen molar-refractivity contribution >= 4 is 78.2 Å². The lowest BCUT2D eigenvalue weighted by molar-refractivity contribution is 0.734. The monoisotopic (exact) mass is 804 g/mol. The van der Waals surface area contributed by atoms with Gasteiger partial charge in [-0.25, -0.2) is 0 Å². The van der Waals surface area contributed by atoms with Crippen LogP contribution in [0.25, 0.3) is 76.9 Å². The number of para-hydroxylation sites is 4. The molecule has 0 N–H and O–H groups in total. The van der Waals surface area contributed by atoms with Crippen LogP contribution in [0.2, 0.25) is 0 Å². The molecule has 288 valence electrons. The summed E-state index contributed by atoms with van der Waals surface area (Å²) in [6, 6.07) is 84.7. The largest absolute Gasteiger partial charge is 0.309 e. The zero-order chi connectivity index (χ0) is 40.5. The van der Waals surface area contributed by atoms with Gasteiger partial charge in [0, 0.05) is 27.2 Å². The molecule has 0 aliphatic carbocycles. The molecule has 0 saturated carbocycles. The minimum absolute atomic E-state index is 0.532. The van der Waals surface area contributed by atoms with Gasteiger partial charge >= 0.3 is 0 Å². The molecule has 10 aromatic carbocycles. The fourth-order valence-electron chi connectivity index (χ4n) is 11.4. The van der Waals surface area contributed by atoms with Gasteiger partial charge in [0.05, 0.1) is 33.2 Å². The number of aromatic nitrogens is 2. The molecule has 12 aromatic rings. The van der Waals surface area contributed by atoms with E-state index in [9.17, 15) is 0 Å². The van der Waals surface area contributed by atoms with E-state index in [1.165, 1.54) is 115 Å². The Kier molecular flexibility index (Phi) is 7.04. The van der Waals surface area contributed by atoms with Crippen LogP contribution in [-0.4, -0.2) is 9.13 Å². The van der Waals surface area contributed by atoms with Gasteiger partial charge < -0.3 is 9.13 Å². The van der Waals surface area contributed by atoms with Crippen molar-refractivity contribution in [2.24, 2.45) is 0 Å². The van der Waals surface area contributed by atoms with Gasteiger partial charge in [-0.3, -0.25) is 0 Å². The van der Waals surface area contributed by atoms with Crippen LogP contribution in [0.5, 0.6) is 0 Å². The lowest BCUT2D eigenvalue weighted by Gasteiger charge is -2.48. The minimum Gasteiger partial charge on any atom is -0.309 e. The molecule has 2 atom stereocenters. The Labute approximate surface area is 360 Å². The van der Waals surface area contributed by atoms with Gasteiger partial charge in [0.25, 0.3) is 0 Å². The molecule has 2 aliphatic heterocycles. The van der Waals surface area contributed by atoms with E-state index in [1.54, 1.807) is 0 Å². The summed E-state index contributed by atoms with van der Waals surface area (Å²) < 4.78 is 4.97. The summed E-state index contributed by atoms with van der Waals surface area (Å²) in [5, 5.41) is 11.8. The fourth-order valence-corrected chi connectivity index (χ4v) is 14.1. The maximum Gasteiger partial charge on any atom is 0.0755 e. The second-order valence-electron chi connectivity index (χ2n) is 16.9. The van der Waals surface area contributed by atoms with Crippen LogP contribution >= 0.6 is 7.92 Å². The highest BCUT2D eigenvalue weighted by Crippen LogP contribution is 2.58. The van der Waals surface area contributed by atoms with Crippen molar-refractivity contribution < 1.29 is 0 Å². The summed E-state index contributed by atoms with van der Waals surface area (Å²) in [7, 11) is -0.906. The Balaban J connectivity index is 1.05. The number of hydrogen-bond donors (Lipinski definition) is 0. The molecule has 2 aromatic heterocycles. The lowest BCUT2D eigenvalue weighted by atomic mass is 9.62. The Morgan fingerprint density at radius 1 is 0.339 bits per heavy atom. The number of fused-ring (bicyclic) bond motifs is 15. The van der Waals surface area contributed by atoms with E-state index in [2.05, 4.69) is 234 Å². The Morgan fingerprint density at radius 2 is 0.952 bits per heavy atom. The highest BCUT2D eigenvalue weighted by Gasteiger charge is 2.51. The van der Waals surface area contributed by atoms with Crippen LogP contribution in [0.4, 0.5) is 0 Å². The van der Waals surface area contributed by atoms with Crippen molar-refractivity contribution in [1.82, 2.24) is 9.13 Å². The van der Waals surface area contributed by atoms with Crippen molar-refractivity contribution in [2.75, 3.05) is 0 Å². The van der Waals surface area contributed by atoms with Crippen LogP contribution < -0.4 is 15.9 Å². The van der Waals surface area contributed by atoms with E-state index in [-0.39, 0.29) is 0 Å². The Morgan fingerprint density at radius 3 is 1.82 bits per heavy atom. The van der Waals surface area contributed by atoms with Gasteiger partial charge in [0.15, 0.2) is 0 Å². The van der Waals surface area contributed by atoms with Crippen LogP contribution in [0, 0.1) is 0 Å². The molecule has 2 aliphatic rings. The second kappa shape index (κ2) is 12.8. The maximum absolute atomic E-state index is 2.56. The number of benzene rings is 10. The molecule has 1 spiro atoms. The zero-order valence-electron chi connectivity index (χ0n) is 33.7. The zero-order valence-corrected chi connectivity index (χ0v) is 34.6. The van der Waals surface area contributed by atoms with Gasteiger partial charge in [-0.05, 0) is 117 Å². The molecule has 0 fully saturated rings. The standard InChI is InChI=1S/C59H37N2P/c1-2-17-43(18-3-1)62-56-28-13-9-23-49(56)59(48-22-8-12-27-55(48)61-53-26-11-6-19-44(53)46-21-14-24-51(59)58(46)61)50-33-30-41(37-57(50)62)40-31-34-54-47(36-40)45-20-7-10-25-52(45)60(54)42-32-29-38-15-4-5-16-39(38)35-42/h1-37H. The number of hydrogen-bond acceptors (Lipinski definition) is 0. The molecule has 2 unspecified atom stereocenters. The number of nitrogens with zero attached hydrogens (tertiary/aromatic N) is 2. The first kappa shape index (κ1) is 34.2. The summed E-state index contributed by atoms with van der Waals surface area (Å²) >= 11 is 0. The normalized spacial score (nSPS) is 16.3. The highest BCUT2D eigenvalue weighted by molar-refractivity contribution is 7.80. The molecule has 0 saturated heterocycles. The van der Waals surface area contributed by atoms with Crippen molar-refractivity contribution in [3.63, 3.8) is 0 Å². The van der Waals surface area contributed by atoms with Crippen LogP contribution in [0.3, 0.4) is 0 Å². The van der Waals surface area contributed by atoms with Gasteiger partial charge in [0.1, 0.15) is 0 Å². The van der Waals surface area contributed by atoms with Crippen molar-refractivity contribution in [3.8, 4) is 22.5 Å². The average molecular weight is 805 g/mol. The minimum atomic E-state index is -0.906. The summed E-state index contributed by atoms with van der Waals surface area (Å²) in [6.45, 7) is 0. The summed E-state index contributed by atoms with van der Waals surface area (Å²) in [5.41, 5.74) is 14.8. The first-order valence-corrected chi connectivity index (χ1v) is 22.9. The first-order valence-electron chi connectivity index (χ1n) is 21.5. The van der Waals surface area contributed by atoms with Gasteiger partial charge in [-0.1, -0.05) is 176 Å². The lowest BCUT2D eigenvalue weighted by Crippen LogP contribution is -2.47. The topological polar surface area (TPSA) is 9.86 Å². The summed E-state index contributed by atoms with van der Waals surface area (Å²) in [5.74, 6) is 0. The third-order valence-electron chi connectivity index (χ3n) is 13.9. The number of rotatable bonds is 3. The molecule has 4 heterocycles. The van der Waals surface area contributed by atoms with Crippen LogP contribution in [0.15, 0.2) is 224 Å². The smallest absolute Gasteiger partial charge is 0.0755 e. The fraction of sp³-hybridized carbons (Fsp3) is 0.0169. The SMILES string of the molecule is c1ccc(P2c3ccccc3C3(c4ccccc4-n4c5ccccc5c5cccc3c54)c3ccc(-c4ccc5c(c4)c4ccccc4n5-c4ccc5ccccc5c4)cc32)cc1. The molecule has 62 heavy (non-hydrogen) atoms. The van der Waals surface area contributed by atoms with Gasteiger partial charge in [0.2, 0.25) is 0 Å². The average Bonchev–Trinajstić information content (AvgIpc) is 3.86. The molecule has 0 radical (unpaired) electrons. The molecule has 0 amide bonds. The molecule has 3 heteroatoms. The first-order chi connectivity index (χ1) is 30.8. The highest BCUT2D eigenvalue weighted by atomic mass is 31.1. The third-order valence-corrected chi connectivity index (χ3v) is 16.4. The predicted molar refractivity (Wildman–Crippen MR) is 262 cm³/mol. The van der Waals surface area contributed by atoms with Crippen LogP contribution in [0.1, 0.15) is 22.3 Å². The van der Waals surface area contributed by atoms with E-state index >= 15 is 0 Å². The Bertz CT molecular complexity index is 3830. The van der Waals surface area contributed by atoms with E-state index in [0.29, 0.717) is 0 Å². The van der Waals surface area contributed by atoms with E-state index in [1.807, 2.05) is 0 Å². The van der Waals surface area contributed by atoms with Gasteiger partial charge in [-0.2, -0.15) is 0 Å². The van der Waals surface area contributed by atoms with E-state index in [4.69, 9.17) is 0 Å². The van der Waals surface area contributed by atoms with E-state index < -0.39 is 13.3 Å². The van der Waals surface area contributed by atoms with Crippen LogP contribution in [-0.2, 0) is 5.41 Å². The molecule has 2 nitrogen and oxygen atoms in total. The molecule has 0 bridgehead atoms. The second-order valence-corrected chi connectivity index (χ2v) is 19.0. The maximum atomic E-state index is 2.56. The van der Waals surface area contributed by atoms with Crippen molar-refractivity contribution in [3.05, 3.63) is 247 Å². The molecular weight excluding hydrogens is 768 g/mol. The quantitative estimate of drug-likeness (QED) is 0.157. The summed E-state index contributed by atoms with van der Waals surface area (Å²) in [6.07, 6.45) is 0. The third kappa shape index (κ3) is 4.47. The molecular formula is C59H37N2P. The summed E-state index contributed by atoms with van der Waals surface area (Å²) in [4.78, 5) is 0. The van der Waals surface area contributed by atoms with Gasteiger partial charge in [-0.15, -0.1) is 0 Å². The predicted octanol–water partition coefficient (Wildman–Crippen LogP) is 13.5. The molecule has 14 rings (SSSR count). The van der Waals surface area contributed by atoms with E-state index in [0.717, 1.165) is 0 Å². The Hall–Kier alpha value is -7.51. The van der Waals surface area contributed by atoms with Crippen molar-refractivity contribution in [1.29, 1.82) is 0 Å².